The van der Waals surface area contributed by atoms with Crippen molar-refractivity contribution in [3.63, 3.8) is 0 Å². The zero-order valence-electron chi connectivity index (χ0n) is 20.4. The Morgan fingerprint density at radius 1 is 1.16 bits per heavy atom. The molecule has 0 saturated carbocycles. The maximum Gasteiger partial charge on any atom is 0.178 e. The maximum atomic E-state index is 12.8. The molecule has 0 radical (unpaired) electrons. The van der Waals surface area contributed by atoms with Gasteiger partial charge in [-0.25, -0.2) is 8.42 Å². The van der Waals surface area contributed by atoms with Crippen molar-refractivity contribution in [1.82, 2.24) is 0 Å². The molecule has 0 saturated heterocycles. The number of aliphatic hydroxyl groups is 1. The van der Waals surface area contributed by atoms with Gasteiger partial charge in [0, 0.05) is 5.56 Å². The molecular formula is C27H40O4S. The van der Waals surface area contributed by atoms with E-state index in [1.165, 1.54) is 19.3 Å². The Bertz CT molecular complexity index is 966. The predicted molar refractivity (Wildman–Crippen MR) is 134 cm³/mol. The van der Waals surface area contributed by atoms with Crippen LogP contribution in [-0.2, 0) is 15.3 Å². The van der Waals surface area contributed by atoms with E-state index in [9.17, 15) is 8.42 Å². The first-order chi connectivity index (χ1) is 15.1. The molecule has 0 bridgehead atoms. The van der Waals surface area contributed by atoms with Crippen LogP contribution in [0.15, 0.2) is 46.9 Å². The second-order valence-corrected chi connectivity index (χ2v) is 11.5. The highest BCUT2D eigenvalue weighted by atomic mass is 32.2. The van der Waals surface area contributed by atoms with E-state index in [0.717, 1.165) is 35.1 Å². The fourth-order valence-corrected chi connectivity index (χ4v) is 5.90. The van der Waals surface area contributed by atoms with Crippen LogP contribution in [-0.4, -0.2) is 32.5 Å². The molecule has 5 heteroatoms. The summed E-state index contributed by atoms with van der Waals surface area (Å²) in [7, 11) is -3.30. The number of unbranched alkanes of at least 4 members (excludes halogenated alkanes) is 4. The van der Waals surface area contributed by atoms with Gasteiger partial charge >= 0.3 is 0 Å². The van der Waals surface area contributed by atoms with Crippen LogP contribution in [0.3, 0.4) is 0 Å². The van der Waals surface area contributed by atoms with E-state index in [1.54, 1.807) is 12.1 Å². The average Bonchev–Trinajstić information content (AvgIpc) is 2.73. The van der Waals surface area contributed by atoms with E-state index in [1.807, 2.05) is 38.1 Å². The first-order valence-corrected chi connectivity index (χ1v) is 13.4. The van der Waals surface area contributed by atoms with Crippen molar-refractivity contribution in [2.45, 2.75) is 83.5 Å². The fraction of sp³-hybridized carbons (Fsp3) is 0.556. The molecular weight excluding hydrogens is 420 g/mol. The lowest BCUT2D eigenvalue weighted by molar-refractivity contribution is 0.302. The van der Waals surface area contributed by atoms with Crippen molar-refractivity contribution in [2.75, 3.05) is 19.0 Å². The Hall–Kier alpha value is -1.85. The molecule has 1 aliphatic heterocycles. The molecule has 1 N–H and O–H groups in total. The van der Waals surface area contributed by atoms with Gasteiger partial charge in [-0.15, -0.1) is 0 Å². The number of ether oxygens (including phenoxy) is 1. The molecule has 0 atom stereocenters. The van der Waals surface area contributed by atoms with Gasteiger partial charge in [0.25, 0.3) is 0 Å². The highest BCUT2D eigenvalue weighted by molar-refractivity contribution is 7.91. The van der Waals surface area contributed by atoms with Crippen LogP contribution in [0.4, 0.5) is 0 Å². The maximum absolute atomic E-state index is 12.8. The van der Waals surface area contributed by atoms with Gasteiger partial charge in [0.05, 0.1) is 23.9 Å². The number of rotatable bonds is 11. The van der Waals surface area contributed by atoms with Crippen molar-refractivity contribution >= 4 is 15.4 Å². The molecule has 1 aromatic carbocycles. The number of sulfone groups is 1. The minimum atomic E-state index is -3.30. The lowest BCUT2D eigenvalue weighted by Gasteiger charge is -2.33. The highest BCUT2D eigenvalue weighted by Gasteiger charge is 2.36. The third-order valence-electron chi connectivity index (χ3n) is 6.19. The number of hydrogen-bond donors (Lipinski definition) is 1. The minimum Gasteiger partial charge on any atom is -0.493 e. The molecule has 32 heavy (non-hydrogen) atoms. The molecule has 0 spiro atoms. The van der Waals surface area contributed by atoms with Crippen LogP contribution < -0.4 is 4.74 Å². The van der Waals surface area contributed by atoms with Gasteiger partial charge in [0.15, 0.2) is 9.84 Å². The molecule has 1 aliphatic rings. The summed E-state index contributed by atoms with van der Waals surface area (Å²) in [5.74, 6) is 0.821. The number of benzene rings is 1. The Morgan fingerprint density at radius 3 is 2.56 bits per heavy atom. The minimum absolute atomic E-state index is 0.0174. The smallest absolute Gasteiger partial charge is 0.178 e. The van der Waals surface area contributed by atoms with E-state index in [-0.39, 0.29) is 17.8 Å². The first kappa shape index (κ1) is 26.4. The van der Waals surface area contributed by atoms with Crippen LogP contribution >= 0.6 is 0 Å². The molecule has 0 aliphatic carbocycles. The summed E-state index contributed by atoms with van der Waals surface area (Å²) in [6, 6.07) is 3.78. The highest BCUT2D eigenvalue weighted by Crippen LogP contribution is 2.43. The zero-order valence-corrected chi connectivity index (χ0v) is 21.2. The van der Waals surface area contributed by atoms with Crippen LogP contribution in [0.1, 0.15) is 84.3 Å². The molecule has 0 amide bonds. The molecule has 0 aromatic heterocycles. The normalized spacial score (nSPS) is 18.1. The topological polar surface area (TPSA) is 63.6 Å². The van der Waals surface area contributed by atoms with E-state index < -0.39 is 9.84 Å². The quantitative estimate of drug-likeness (QED) is 0.307. The van der Waals surface area contributed by atoms with E-state index in [0.29, 0.717) is 23.7 Å². The number of fused-ring (bicyclic) bond motifs is 1. The van der Waals surface area contributed by atoms with Gasteiger partial charge in [0.1, 0.15) is 5.75 Å². The first-order valence-electron chi connectivity index (χ1n) is 11.8. The Kier molecular flexibility index (Phi) is 9.78. The third-order valence-corrected chi connectivity index (χ3v) is 7.94. The zero-order chi connectivity index (χ0) is 23.8. The van der Waals surface area contributed by atoms with Crippen LogP contribution in [0, 0.1) is 0 Å². The average molecular weight is 461 g/mol. The lowest BCUT2D eigenvalue weighted by atomic mass is 9.80. The summed E-state index contributed by atoms with van der Waals surface area (Å²) in [5.41, 5.74) is 3.61. The van der Waals surface area contributed by atoms with E-state index >= 15 is 0 Å². The van der Waals surface area contributed by atoms with Gasteiger partial charge in [-0.1, -0.05) is 76.3 Å². The standard InChI is InChI=1S/C27H40O4S/c1-6-7-8-9-10-17-31-25-20-26-24(27(4,5)15-18-32(26,29)30)19-23(25)22(3)13-11-12-21(2)14-16-28/h11-14,19-20,28H,6-10,15-18H2,1-5H3/b12-11+,21-14+,22-13+. The van der Waals surface area contributed by atoms with Gasteiger partial charge in [0.2, 0.25) is 0 Å². The Labute approximate surface area is 195 Å². The molecule has 2 rings (SSSR count). The summed E-state index contributed by atoms with van der Waals surface area (Å²) in [4.78, 5) is 0.420. The van der Waals surface area contributed by atoms with Crippen molar-refractivity contribution in [2.24, 2.45) is 0 Å². The summed E-state index contributed by atoms with van der Waals surface area (Å²) < 4.78 is 31.8. The Morgan fingerprint density at radius 2 is 1.88 bits per heavy atom. The van der Waals surface area contributed by atoms with Crippen LogP contribution in [0.2, 0.25) is 0 Å². The largest absolute Gasteiger partial charge is 0.493 e. The second kappa shape index (κ2) is 11.9. The molecule has 4 nitrogen and oxygen atoms in total. The molecule has 0 unspecified atom stereocenters. The van der Waals surface area contributed by atoms with Crippen molar-refractivity contribution in [1.29, 1.82) is 0 Å². The summed E-state index contributed by atoms with van der Waals surface area (Å²) in [6.45, 7) is 11.0. The van der Waals surface area contributed by atoms with Crippen LogP contribution in [0.25, 0.3) is 5.57 Å². The van der Waals surface area contributed by atoms with Crippen molar-refractivity contribution in [3.05, 3.63) is 53.1 Å². The fourth-order valence-electron chi connectivity index (χ4n) is 3.94. The molecule has 1 aromatic rings. The summed E-state index contributed by atoms with van der Waals surface area (Å²) >= 11 is 0. The van der Waals surface area contributed by atoms with E-state index in [4.69, 9.17) is 9.84 Å². The van der Waals surface area contributed by atoms with Crippen molar-refractivity contribution in [3.8, 4) is 5.75 Å². The molecule has 1 heterocycles. The van der Waals surface area contributed by atoms with Gasteiger partial charge in [-0.2, -0.15) is 0 Å². The summed E-state index contributed by atoms with van der Waals surface area (Å²) in [5, 5.41) is 9.02. The van der Waals surface area contributed by atoms with Gasteiger partial charge in [-0.3, -0.25) is 0 Å². The predicted octanol–water partition coefficient (Wildman–Crippen LogP) is 6.39. The molecule has 0 fully saturated rings. The van der Waals surface area contributed by atoms with Crippen molar-refractivity contribution < 1.29 is 18.3 Å². The monoisotopic (exact) mass is 460 g/mol. The van der Waals surface area contributed by atoms with Crippen LogP contribution in [0.5, 0.6) is 5.75 Å². The lowest BCUT2D eigenvalue weighted by Crippen LogP contribution is -2.30. The number of hydrogen-bond acceptors (Lipinski definition) is 4. The number of aliphatic hydroxyl groups excluding tert-OH is 1. The van der Waals surface area contributed by atoms with Gasteiger partial charge in [-0.05, 0) is 55.4 Å². The number of allylic oxidation sites excluding steroid dienone is 5. The van der Waals surface area contributed by atoms with Gasteiger partial charge < -0.3 is 9.84 Å². The van der Waals surface area contributed by atoms with E-state index in [2.05, 4.69) is 20.8 Å². The summed E-state index contributed by atoms with van der Waals surface area (Å²) in [6.07, 6.45) is 14.0. The Balaban J connectivity index is 2.42. The third kappa shape index (κ3) is 7.08. The molecule has 178 valence electrons. The SMILES string of the molecule is CCCCCCCOc1cc2c(cc1/C(C)=C/C=C/C(C)=C/CO)C(C)(C)CCS2(=O)=O. The second-order valence-electron chi connectivity index (χ2n) is 9.40.